The van der Waals surface area contributed by atoms with Crippen molar-refractivity contribution in [2.24, 2.45) is 11.3 Å². The lowest BCUT2D eigenvalue weighted by Crippen LogP contribution is -2.54. The average Bonchev–Trinajstić information content (AvgIpc) is 3.30. The molecule has 1 aromatic rings. The lowest BCUT2D eigenvalue weighted by molar-refractivity contribution is -0.150. The first kappa shape index (κ1) is 17.7. The van der Waals surface area contributed by atoms with E-state index in [1.807, 2.05) is 11.3 Å². The van der Waals surface area contributed by atoms with Crippen LogP contribution in [0.5, 0.6) is 0 Å². The van der Waals surface area contributed by atoms with Crippen LogP contribution < -0.4 is 5.32 Å². The molecule has 1 spiro atoms. The maximum atomic E-state index is 13.2. The predicted molar refractivity (Wildman–Crippen MR) is 98.3 cm³/mol. The summed E-state index contributed by atoms with van der Waals surface area (Å²) < 4.78 is 11.9. The third-order valence-electron chi connectivity index (χ3n) is 6.49. The van der Waals surface area contributed by atoms with E-state index in [1.165, 1.54) is 10.4 Å². The van der Waals surface area contributed by atoms with Gasteiger partial charge in [-0.2, -0.15) is 0 Å². The number of ether oxygens (including phenoxy) is 2. The quantitative estimate of drug-likeness (QED) is 0.802. The Balaban J connectivity index is 0.00000157. The van der Waals surface area contributed by atoms with Gasteiger partial charge in [0.15, 0.2) is 0 Å². The molecular weight excluding hydrogens is 360 g/mol. The van der Waals surface area contributed by atoms with E-state index in [0.717, 1.165) is 58.7 Å². The van der Waals surface area contributed by atoms with Crippen LogP contribution in [0.1, 0.15) is 23.3 Å². The van der Waals surface area contributed by atoms with E-state index in [4.69, 9.17) is 9.47 Å². The molecule has 0 radical (unpaired) electrons. The van der Waals surface area contributed by atoms with Gasteiger partial charge in [-0.1, -0.05) is 0 Å². The highest BCUT2D eigenvalue weighted by molar-refractivity contribution is 7.10. The van der Waals surface area contributed by atoms with Crippen LogP contribution >= 0.6 is 23.7 Å². The molecule has 7 heteroatoms. The van der Waals surface area contributed by atoms with Crippen molar-refractivity contribution < 1.29 is 14.3 Å². The topological polar surface area (TPSA) is 50.8 Å². The smallest absolute Gasteiger partial charge is 0.232 e. The van der Waals surface area contributed by atoms with Crippen molar-refractivity contribution >= 4 is 29.7 Å². The van der Waals surface area contributed by atoms with Crippen molar-refractivity contribution in [3.05, 3.63) is 21.9 Å². The van der Waals surface area contributed by atoms with Crippen molar-refractivity contribution in [3.63, 3.8) is 0 Å². The zero-order valence-electron chi connectivity index (χ0n) is 14.3. The Morgan fingerprint density at radius 2 is 2.20 bits per heavy atom. The summed E-state index contributed by atoms with van der Waals surface area (Å²) in [6.45, 7) is 5.38. The van der Waals surface area contributed by atoms with Gasteiger partial charge < -0.3 is 19.7 Å². The lowest BCUT2D eigenvalue weighted by Gasteiger charge is -2.45. The monoisotopic (exact) mass is 384 g/mol. The molecule has 3 saturated heterocycles. The molecule has 4 aliphatic heterocycles. The van der Waals surface area contributed by atoms with Crippen molar-refractivity contribution in [2.45, 2.75) is 24.9 Å². The van der Waals surface area contributed by atoms with Crippen LogP contribution in [0.4, 0.5) is 0 Å². The van der Waals surface area contributed by atoms with E-state index in [1.54, 1.807) is 0 Å². The van der Waals surface area contributed by atoms with E-state index >= 15 is 0 Å². The van der Waals surface area contributed by atoms with Gasteiger partial charge in [0.2, 0.25) is 5.91 Å². The summed E-state index contributed by atoms with van der Waals surface area (Å²) in [5.41, 5.74) is 0.996. The largest absolute Gasteiger partial charge is 0.380 e. The highest BCUT2D eigenvalue weighted by Gasteiger charge is 2.55. The summed E-state index contributed by atoms with van der Waals surface area (Å²) >= 11 is 1.82. The Kier molecular flexibility index (Phi) is 4.61. The fourth-order valence-corrected chi connectivity index (χ4v) is 6.17. The number of carbonyl (C=O) groups is 1. The third kappa shape index (κ3) is 2.57. The molecule has 2 atom stereocenters. The normalized spacial score (nSPS) is 33.0. The first-order valence-electron chi connectivity index (χ1n) is 9.02. The molecule has 5 nitrogen and oxygen atoms in total. The summed E-state index contributed by atoms with van der Waals surface area (Å²) in [5, 5.41) is 5.58. The molecule has 1 amide bonds. The van der Waals surface area contributed by atoms with Crippen LogP contribution in [0.3, 0.4) is 0 Å². The molecule has 0 saturated carbocycles. The molecule has 138 valence electrons. The van der Waals surface area contributed by atoms with Gasteiger partial charge in [-0.3, -0.25) is 4.79 Å². The maximum absolute atomic E-state index is 13.2. The van der Waals surface area contributed by atoms with Gasteiger partial charge in [0, 0.05) is 37.0 Å². The molecule has 1 N–H and O–H groups in total. The average molecular weight is 385 g/mol. The Labute approximate surface area is 158 Å². The SMILES string of the molecule is Cl.O=C(N1CCC2(CC1)OCCc1ccsc12)[C@]12CNC[C@H]1COC2. The standard InChI is InChI=1S/C18H24N2O3S.ClH/c21-16(17-11-19-9-14(17)10-22-12-17)20-5-3-18(4-6-20)15-13(1-7-23-18)2-8-24-15;/h2,8,14,19H,1,3-7,9-12H2;1H/t14-,17-;/m0./s1. The molecule has 5 rings (SSSR count). The first-order valence-corrected chi connectivity index (χ1v) is 9.90. The Bertz CT molecular complexity index is 647. The van der Waals surface area contributed by atoms with Crippen molar-refractivity contribution in [1.82, 2.24) is 10.2 Å². The number of hydrogen-bond donors (Lipinski definition) is 1. The van der Waals surface area contributed by atoms with Crippen LogP contribution in [-0.4, -0.2) is 56.8 Å². The second-order valence-corrected chi connectivity index (χ2v) is 8.58. The molecule has 4 aliphatic rings. The number of halogens is 1. The number of likely N-dealkylation sites (tertiary alicyclic amines) is 1. The van der Waals surface area contributed by atoms with Gasteiger partial charge in [-0.25, -0.2) is 0 Å². The summed E-state index contributed by atoms with van der Waals surface area (Å²) in [4.78, 5) is 16.7. The number of piperidine rings is 1. The maximum Gasteiger partial charge on any atom is 0.232 e. The molecule has 5 heterocycles. The second-order valence-electron chi connectivity index (χ2n) is 7.66. The minimum atomic E-state index is -0.313. The zero-order valence-corrected chi connectivity index (χ0v) is 15.9. The van der Waals surface area contributed by atoms with E-state index in [0.29, 0.717) is 18.4 Å². The summed E-state index contributed by atoms with van der Waals surface area (Å²) in [5.74, 6) is 0.641. The minimum Gasteiger partial charge on any atom is -0.380 e. The van der Waals surface area contributed by atoms with Gasteiger partial charge in [0.25, 0.3) is 0 Å². The van der Waals surface area contributed by atoms with Gasteiger partial charge in [-0.05, 0) is 36.3 Å². The van der Waals surface area contributed by atoms with Crippen LogP contribution in [0.2, 0.25) is 0 Å². The van der Waals surface area contributed by atoms with Gasteiger partial charge in [0.1, 0.15) is 5.60 Å². The molecule has 0 unspecified atom stereocenters. The number of amides is 1. The van der Waals surface area contributed by atoms with Crippen molar-refractivity contribution in [3.8, 4) is 0 Å². The molecule has 3 fully saturated rings. The van der Waals surface area contributed by atoms with Crippen LogP contribution in [-0.2, 0) is 26.3 Å². The number of nitrogens with one attached hydrogen (secondary N) is 1. The number of rotatable bonds is 1. The van der Waals surface area contributed by atoms with Gasteiger partial charge in [0.05, 0.1) is 25.2 Å². The van der Waals surface area contributed by atoms with Gasteiger partial charge >= 0.3 is 0 Å². The molecule has 0 bridgehead atoms. The number of fused-ring (bicyclic) bond motifs is 3. The Morgan fingerprint density at radius 3 is 3.04 bits per heavy atom. The highest BCUT2D eigenvalue weighted by atomic mass is 35.5. The van der Waals surface area contributed by atoms with Crippen LogP contribution in [0, 0.1) is 11.3 Å². The number of thiophene rings is 1. The highest BCUT2D eigenvalue weighted by Crippen LogP contribution is 2.46. The summed E-state index contributed by atoms with van der Waals surface area (Å²) in [6.07, 6.45) is 2.86. The molecule has 25 heavy (non-hydrogen) atoms. The van der Waals surface area contributed by atoms with Crippen LogP contribution in [0.15, 0.2) is 11.4 Å². The number of carbonyl (C=O) groups excluding carboxylic acids is 1. The van der Waals surface area contributed by atoms with Gasteiger partial charge in [-0.15, -0.1) is 23.7 Å². The predicted octanol–water partition coefficient (Wildman–Crippen LogP) is 1.80. The fraction of sp³-hybridized carbons (Fsp3) is 0.722. The number of nitrogens with zero attached hydrogens (tertiary/aromatic N) is 1. The van der Waals surface area contributed by atoms with E-state index in [-0.39, 0.29) is 23.4 Å². The first-order chi connectivity index (χ1) is 11.7. The second kappa shape index (κ2) is 6.50. The molecule has 1 aromatic heterocycles. The fourth-order valence-electron chi connectivity index (χ4n) is 5.00. The molecular formula is C18H25ClN2O3S. The van der Waals surface area contributed by atoms with E-state index in [2.05, 4.69) is 21.7 Å². The van der Waals surface area contributed by atoms with E-state index in [9.17, 15) is 4.79 Å². The minimum absolute atomic E-state index is 0. The van der Waals surface area contributed by atoms with E-state index < -0.39 is 0 Å². The Morgan fingerprint density at radius 1 is 1.36 bits per heavy atom. The molecule has 0 aliphatic carbocycles. The Hall–Kier alpha value is -0.660. The lowest BCUT2D eigenvalue weighted by atomic mass is 9.78. The van der Waals surface area contributed by atoms with Crippen molar-refractivity contribution in [1.29, 1.82) is 0 Å². The number of hydrogen-bond acceptors (Lipinski definition) is 5. The van der Waals surface area contributed by atoms with Crippen molar-refractivity contribution in [2.75, 3.05) is 46.0 Å². The van der Waals surface area contributed by atoms with Crippen LogP contribution in [0.25, 0.3) is 0 Å². The zero-order chi connectivity index (χ0) is 16.2. The molecule has 0 aromatic carbocycles. The summed E-state index contributed by atoms with van der Waals surface area (Å²) in [7, 11) is 0. The third-order valence-corrected chi connectivity index (χ3v) is 7.63. The summed E-state index contributed by atoms with van der Waals surface area (Å²) in [6, 6.07) is 2.24.